The molecular formula is C11H26N2O. The monoisotopic (exact) mass is 202 g/mol. The van der Waals surface area contributed by atoms with Crippen LogP contribution in [0.1, 0.15) is 33.1 Å². The van der Waals surface area contributed by atoms with Crippen LogP contribution in [0, 0.1) is 0 Å². The predicted octanol–water partition coefficient (Wildman–Crippen LogP) is 1.47. The lowest BCUT2D eigenvalue weighted by atomic mass is 10.1. The Hall–Kier alpha value is -0.120. The van der Waals surface area contributed by atoms with E-state index in [0.29, 0.717) is 6.04 Å². The molecule has 0 aromatic carbocycles. The Morgan fingerprint density at radius 2 is 2.07 bits per heavy atom. The summed E-state index contributed by atoms with van der Waals surface area (Å²) < 4.78 is 5.00. The molecule has 2 N–H and O–H groups in total. The van der Waals surface area contributed by atoms with Crippen LogP contribution in [0.5, 0.6) is 0 Å². The van der Waals surface area contributed by atoms with Gasteiger partial charge in [0.25, 0.3) is 0 Å². The highest BCUT2D eigenvalue weighted by atomic mass is 16.5. The van der Waals surface area contributed by atoms with E-state index in [2.05, 4.69) is 25.8 Å². The molecule has 0 rings (SSSR count). The van der Waals surface area contributed by atoms with Crippen molar-refractivity contribution in [2.45, 2.75) is 45.2 Å². The number of hydrogen-bond acceptors (Lipinski definition) is 3. The summed E-state index contributed by atoms with van der Waals surface area (Å²) in [6.07, 6.45) is 3.29. The number of methoxy groups -OCH3 is 1. The van der Waals surface area contributed by atoms with Crippen molar-refractivity contribution in [1.29, 1.82) is 0 Å². The van der Waals surface area contributed by atoms with E-state index in [1.165, 1.54) is 6.42 Å². The Labute approximate surface area is 88.6 Å². The van der Waals surface area contributed by atoms with Gasteiger partial charge in [-0.05, 0) is 33.2 Å². The lowest BCUT2D eigenvalue weighted by Crippen LogP contribution is -2.39. The lowest BCUT2D eigenvalue weighted by Gasteiger charge is -2.26. The summed E-state index contributed by atoms with van der Waals surface area (Å²) in [6.45, 7) is 6.25. The van der Waals surface area contributed by atoms with Crippen LogP contribution in [0.25, 0.3) is 0 Å². The van der Waals surface area contributed by atoms with Crippen LogP contribution in [0.2, 0.25) is 0 Å². The molecule has 0 radical (unpaired) electrons. The van der Waals surface area contributed by atoms with Gasteiger partial charge in [-0.3, -0.25) is 0 Å². The molecule has 0 saturated carbocycles. The third kappa shape index (κ3) is 6.35. The minimum absolute atomic E-state index is 0.282. The van der Waals surface area contributed by atoms with Crippen molar-refractivity contribution in [3.63, 3.8) is 0 Å². The van der Waals surface area contributed by atoms with Crippen LogP contribution in [0.4, 0.5) is 0 Å². The number of hydrogen-bond donors (Lipinski definition) is 1. The quantitative estimate of drug-likeness (QED) is 0.606. The van der Waals surface area contributed by atoms with Crippen molar-refractivity contribution < 1.29 is 4.74 Å². The third-order valence-corrected chi connectivity index (χ3v) is 2.79. The fourth-order valence-corrected chi connectivity index (χ4v) is 1.44. The summed E-state index contributed by atoms with van der Waals surface area (Å²) in [5.41, 5.74) is 6.01. The molecular weight excluding hydrogens is 176 g/mol. The Kier molecular flexibility index (Phi) is 8.14. The van der Waals surface area contributed by atoms with Crippen LogP contribution in [-0.2, 0) is 4.74 Å². The first-order chi connectivity index (χ1) is 6.61. The molecule has 0 saturated heterocycles. The van der Waals surface area contributed by atoms with Gasteiger partial charge in [-0.15, -0.1) is 0 Å². The molecule has 0 aliphatic rings. The highest BCUT2D eigenvalue weighted by Gasteiger charge is 2.10. The largest absolute Gasteiger partial charge is 0.385 e. The molecule has 86 valence electrons. The average Bonchev–Trinajstić information content (AvgIpc) is 2.16. The first kappa shape index (κ1) is 13.9. The van der Waals surface area contributed by atoms with Crippen LogP contribution in [0.3, 0.4) is 0 Å². The van der Waals surface area contributed by atoms with Gasteiger partial charge >= 0.3 is 0 Å². The molecule has 2 unspecified atom stereocenters. The average molecular weight is 202 g/mol. The lowest BCUT2D eigenvalue weighted by molar-refractivity contribution is 0.183. The van der Waals surface area contributed by atoms with Crippen molar-refractivity contribution >= 4 is 0 Å². The van der Waals surface area contributed by atoms with Crippen molar-refractivity contribution in [3.8, 4) is 0 Å². The first-order valence-electron chi connectivity index (χ1n) is 5.56. The normalized spacial score (nSPS) is 15.9. The molecule has 14 heavy (non-hydrogen) atoms. The summed E-state index contributed by atoms with van der Waals surface area (Å²) in [6, 6.07) is 0.910. The minimum Gasteiger partial charge on any atom is -0.385 e. The van der Waals surface area contributed by atoms with Gasteiger partial charge in [0.05, 0.1) is 0 Å². The SMILES string of the molecule is CCC(C)N(C)CC(N)CCCOC. The zero-order chi connectivity index (χ0) is 11.0. The maximum atomic E-state index is 6.01. The first-order valence-corrected chi connectivity index (χ1v) is 5.56. The molecule has 0 amide bonds. The molecule has 2 atom stereocenters. The van der Waals surface area contributed by atoms with Crippen molar-refractivity contribution in [2.24, 2.45) is 5.73 Å². The Bertz CT molecular complexity index is 130. The molecule has 0 aliphatic carbocycles. The van der Waals surface area contributed by atoms with Gasteiger partial charge < -0.3 is 15.4 Å². The van der Waals surface area contributed by atoms with E-state index < -0.39 is 0 Å². The Morgan fingerprint density at radius 1 is 1.43 bits per heavy atom. The van der Waals surface area contributed by atoms with E-state index in [9.17, 15) is 0 Å². The smallest absolute Gasteiger partial charge is 0.0462 e. The summed E-state index contributed by atoms with van der Waals surface area (Å²) in [7, 11) is 3.88. The highest BCUT2D eigenvalue weighted by molar-refractivity contribution is 4.69. The summed E-state index contributed by atoms with van der Waals surface area (Å²) in [4.78, 5) is 2.33. The van der Waals surface area contributed by atoms with E-state index in [1.807, 2.05) is 0 Å². The van der Waals surface area contributed by atoms with Gasteiger partial charge in [-0.1, -0.05) is 6.92 Å². The maximum absolute atomic E-state index is 6.01. The molecule has 0 aromatic heterocycles. The summed E-state index contributed by atoms with van der Waals surface area (Å²) in [5.74, 6) is 0. The summed E-state index contributed by atoms with van der Waals surface area (Å²) >= 11 is 0. The van der Waals surface area contributed by atoms with E-state index in [-0.39, 0.29) is 6.04 Å². The van der Waals surface area contributed by atoms with Crippen LogP contribution >= 0.6 is 0 Å². The Morgan fingerprint density at radius 3 is 2.57 bits per heavy atom. The van der Waals surface area contributed by atoms with Crippen LogP contribution in [0.15, 0.2) is 0 Å². The molecule has 3 heteroatoms. The number of likely N-dealkylation sites (N-methyl/N-ethyl adjacent to an activating group) is 1. The van der Waals surface area contributed by atoms with Gasteiger partial charge in [0.1, 0.15) is 0 Å². The molecule has 3 nitrogen and oxygen atoms in total. The van der Waals surface area contributed by atoms with Gasteiger partial charge in [0.15, 0.2) is 0 Å². The zero-order valence-corrected chi connectivity index (χ0v) is 10.1. The van der Waals surface area contributed by atoms with E-state index in [1.54, 1.807) is 7.11 Å². The number of ether oxygens (including phenoxy) is 1. The van der Waals surface area contributed by atoms with Gasteiger partial charge in [-0.2, -0.15) is 0 Å². The molecule has 0 bridgehead atoms. The van der Waals surface area contributed by atoms with E-state index in [0.717, 1.165) is 26.0 Å². The number of nitrogens with zero attached hydrogens (tertiary/aromatic N) is 1. The maximum Gasteiger partial charge on any atom is 0.0462 e. The van der Waals surface area contributed by atoms with Crippen LogP contribution in [-0.4, -0.2) is 44.3 Å². The van der Waals surface area contributed by atoms with Gasteiger partial charge in [-0.25, -0.2) is 0 Å². The third-order valence-electron chi connectivity index (χ3n) is 2.79. The van der Waals surface area contributed by atoms with E-state index in [4.69, 9.17) is 10.5 Å². The minimum atomic E-state index is 0.282. The Balaban J connectivity index is 3.54. The van der Waals surface area contributed by atoms with Crippen molar-refractivity contribution in [1.82, 2.24) is 4.90 Å². The van der Waals surface area contributed by atoms with Crippen LogP contribution < -0.4 is 5.73 Å². The highest BCUT2D eigenvalue weighted by Crippen LogP contribution is 2.03. The zero-order valence-electron chi connectivity index (χ0n) is 10.1. The number of rotatable bonds is 8. The van der Waals surface area contributed by atoms with Crippen molar-refractivity contribution in [3.05, 3.63) is 0 Å². The molecule has 0 aromatic rings. The second-order valence-corrected chi connectivity index (χ2v) is 4.09. The predicted molar refractivity (Wildman–Crippen MR) is 61.5 cm³/mol. The number of nitrogens with two attached hydrogens (primary N) is 1. The molecule has 0 heterocycles. The molecule has 0 spiro atoms. The van der Waals surface area contributed by atoms with Gasteiger partial charge in [0, 0.05) is 32.3 Å². The standard InChI is InChI=1S/C11H26N2O/c1-5-10(2)13(3)9-11(12)7-6-8-14-4/h10-11H,5-9,12H2,1-4H3. The topological polar surface area (TPSA) is 38.5 Å². The van der Waals surface area contributed by atoms with Gasteiger partial charge in [0.2, 0.25) is 0 Å². The van der Waals surface area contributed by atoms with Crippen molar-refractivity contribution in [2.75, 3.05) is 27.3 Å². The second-order valence-electron chi connectivity index (χ2n) is 4.09. The molecule has 0 aliphatic heterocycles. The second kappa shape index (κ2) is 8.21. The fourth-order valence-electron chi connectivity index (χ4n) is 1.44. The fraction of sp³-hybridized carbons (Fsp3) is 1.00. The summed E-state index contributed by atoms with van der Waals surface area (Å²) in [5, 5.41) is 0. The van der Waals surface area contributed by atoms with E-state index >= 15 is 0 Å². The molecule has 0 fully saturated rings.